The normalized spacial score (nSPS) is 11.5. The summed E-state index contributed by atoms with van der Waals surface area (Å²) in [5.74, 6) is 0.0507. The Morgan fingerprint density at radius 2 is 1.56 bits per heavy atom. The van der Waals surface area contributed by atoms with E-state index in [1.54, 1.807) is 56.6 Å². The van der Waals surface area contributed by atoms with Crippen molar-refractivity contribution in [2.75, 3.05) is 32.5 Å². The molecule has 1 amide bonds. The summed E-state index contributed by atoms with van der Waals surface area (Å²) in [5.41, 5.74) is 0.809. The van der Waals surface area contributed by atoms with Crippen LogP contribution in [0.5, 0.6) is 23.1 Å². The molecule has 0 spiro atoms. The molecule has 4 rings (SSSR count). The van der Waals surface area contributed by atoms with Gasteiger partial charge in [0.25, 0.3) is 15.9 Å². The molecule has 12 nitrogen and oxygen atoms in total. The number of hydrogen-bond acceptors (Lipinski definition) is 10. The van der Waals surface area contributed by atoms with E-state index >= 15 is 0 Å². The molecule has 226 valence electrons. The van der Waals surface area contributed by atoms with E-state index in [0.29, 0.717) is 5.75 Å². The van der Waals surface area contributed by atoms with Crippen molar-refractivity contribution in [1.29, 1.82) is 0 Å². The van der Waals surface area contributed by atoms with E-state index in [4.69, 9.17) is 14.2 Å². The highest BCUT2D eigenvalue weighted by Crippen LogP contribution is 2.41. The van der Waals surface area contributed by atoms with Crippen molar-refractivity contribution in [2.24, 2.45) is 0 Å². The summed E-state index contributed by atoms with van der Waals surface area (Å²) in [6.07, 6.45) is 3.03. The number of carbonyl (C=O) groups is 1. The number of hydrogen-bond donors (Lipinski definition) is 1. The summed E-state index contributed by atoms with van der Waals surface area (Å²) in [7, 11) is 0.568. The summed E-state index contributed by atoms with van der Waals surface area (Å²) in [4.78, 5) is 31.0. The average molecular weight is 607 g/mol. The Balaban J connectivity index is 1.84. The molecule has 0 saturated carbocycles. The first-order valence-corrected chi connectivity index (χ1v) is 14.8. The molecule has 0 bridgehead atoms. The molecule has 0 saturated heterocycles. The van der Waals surface area contributed by atoms with E-state index in [0.717, 1.165) is 5.56 Å². The van der Waals surface area contributed by atoms with Gasteiger partial charge in [-0.3, -0.25) is 9.52 Å². The number of ether oxygens (including phenoxy) is 3. The van der Waals surface area contributed by atoms with Crippen molar-refractivity contribution in [3.8, 4) is 34.8 Å². The SMILES string of the molecule is COc1ccccc1Oc1c(NS(=O)(=O)c2ccc(C(C)(C)C)cc2)nc(-c2ncccn2)nc1OCCC(=O)N(C)C. The first-order chi connectivity index (χ1) is 20.4. The second-order valence-electron chi connectivity index (χ2n) is 10.6. The summed E-state index contributed by atoms with van der Waals surface area (Å²) in [6, 6.07) is 15.0. The third-order valence-corrected chi connectivity index (χ3v) is 7.55. The molecule has 13 heteroatoms. The lowest BCUT2D eigenvalue weighted by Gasteiger charge is -2.20. The van der Waals surface area contributed by atoms with Gasteiger partial charge in [0.2, 0.25) is 17.5 Å². The maximum absolute atomic E-state index is 13.7. The fourth-order valence-corrected chi connectivity index (χ4v) is 4.80. The number of methoxy groups -OCH3 is 1. The zero-order chi connectivity index (χ0) is 31.2. The van der Waals surface area contributed by atoms with E-state index in [1.807, 2.05) is 20.8 Å². The lowest BCUT2D eigenvalue weighted by Crippen LogP contribution is -2.23. The highest BCUT2D eigenvalue weighted by Gasteiger charge is 2.26. The van der Waals surface area contributed by atoms with Crippen LogP contribution in [0, 0.1) is 0 Å². The molecule has 2 heterocycles. The van der Waals surface area contributed by atoms with Crippen LogP contribution in [0.2, 0.25) is 0 Å². The van der Waals surface area contributed by atoms with Gasteiger partial charge >= 0.3 is 0 Å². The number of amides is 1. The minimum absolute atomic E-state index is 0.0129. The van der Waals surface area contributed by atoms with E-state index < -0.39 is 10.0 Å². The van der Waals surface area contributed by atoms with Crippen molar-refractivity contribution in [2.45, 2.75) is 37.5 Å². The quantitative estimate of drug-likeness (QED) is 0.255. The number of nitrogens with one attached hydrogen (secondary N) is 1. The molecule has 0 aliphatic rings. The van der Waals surface area contributed by atoms with Crippen molar-refractivity contribution < 1.29 is 27.4 Å². The molecule has 0 aliphatic carbocycles. The van der Waals surface area contributed by atoms with Crippen molar-refractivity contribution in [3.05, 3.63) is 72.6 Å². The second-order valence-corrected chi connectivity index (χ2v) is 12.3. The van der Waals surface area contributed by atoms with Gasteiger partial charge in [0.1, 0.15) is 0 Å². The first-order valence-electron chi connectivity index (χ1n) is 13.4. The van der Waals surface area contributed by atoms with Gasteiger partial charge in [0.05, 0.1) is 25.0 Å². The first kappa shape index (κ1) is 31.2. The molecule has 0 unspecified atom stereocenters. The van der Waals surface area contributed by atoms with Crippen LogP contribution in [-0.4, -0.2) is 67.0 Å². The molecule has 1 N–H and O–H groups in total. The number of nitrogens with zero attached hydrogens (tertiary/aromatic N) is 5. The number of benzene rings is 2. The van der Waals surface area contributed by atoms with Crippen LogP contribution in [0.1, 0.15) is 32.8 Å². The maximum atomic E-state index is 13.7. The molecule has 0 atom stereocenters. The van der Waals surface area contributed by atoms with E-state index in [9.17, 15) is 13.2 Å². The number of rotatable bonds is 11. The van der Waals surface area contributed by atoms with Crippen molar-refractivity contribution in [1.82, 2.24) is 24.8 Å². The van der Waals surface area contributed by atoms with Gasteiger partial charge in [-0.25, -0.2) is 23.4 Å². The summed E-state index contributed by atoms with van der Waals surface area (Å²) in [6.45, 7) is 6.04. The van der Waals surface area contributed by atoms with Gasteiger partial charge < -0.3 is 19.1 Å². The topological polar surface area (TPSA) is 146 Å². The third-order valence-electron chi connectivity index (χ3n) is 6.20. The number of para-hydroxylation sites is 2. The van der Waals surface area contributed by atoms with Gasteiger partial charge in [-0.15, -0.1) is 0 Å². The third kappa shape index (κ3) is 7.74. The number of carbonyl (C=O) groups excluding carboxylic acids is 1. The Morgan fingerprint density at radius 3 is 2.16 bits per heavy atom. The summed E-state index contributed by atoms with van der Waals surface area (Å²) >= 11 is 0. The highest BCUT2D eigenvalue weighted by molar-refractivity contribution is 7.92. The lowest BCUT2D eigenvalue weighted by molar-refractivity contribution is -0.129. The van der Waals surface area contributed by atoms with Gasteiger partial charge in [0, 0.05) is 26.5 Å². The standard InChI is InChI=1S/C30H34N6O6S/c1-30(2,3)20-12-14-21(15-13-20)43(38,39)35-26-25(42-23-11-8-7-10-22(23)40-6)29(41-19-16-24(37)36(4)5)34-28(33-26)27-31-17-9-18-32-27/h7-15,17-18H,16,19H2,1-6H3,(H,33,34,35). The van der Waals surface area contributed by atoms with Crippen LogP contribution in [0.25, 0.3) is 11.6 Å². The molecule has 4 aromatic rings. The molecular weight excluding hydrogens is 572 g/mol. The van der Waals surface area contributed by atoms with E-state index in [2.05, 4.69) is 24.7 Å². The Bertz CT molecular complexity index is 1670. The highest BCUT2D eigenvalue weighted by atomic mass is 32.2. The van der Waals surface area contributed by atoms with Crippen molar-refractivity contribution >= 4 is 21.7 Å². The summed E-state index contributed by atoms with van der Waals surface area (Å²) in [5, 5.41) is 0. The van der Waals surface area contributed by atoms with E-state index in [1.165, 1.54) is 36.5 Å². The second kappa shape index (κ2) is 13.0. The van der Waals surface area contributed by atoms with Gasteiger partial charge in [-0.05, 0) is 41.3 Å². The van der Waals surface area contributed by atoms with Crippen LogP contribution in [0.4, 0.5) is 5.82 Å². The van der Waals surface area contributed by atoms with Crippen molar-refractivity contribution in [3.63, 3.8) is 0 Å². The monoisotopic (exact) mass is 606 g/mol. The average Bonchev–Trinajstić information content (AvgIpc) is 2.98. The molecule has 2 aromatic carbocycles. The Labute approximate surface area is 251 Å². The Hall–Kier alpha value is -4.78. The zero-order valence-corrected chi connectivity index (χ0v) is 25.7. The fourth-order valence-electron chi connectivity index (χ4n) is 3.80. The Morgan fingerprint density at radius 1 is 0.907 bits per heavy atom. The minimum atomic E-state index is -4.18. The van der Waals surface area contributed by atoms with Crippen LogP contribution >= 0.6 is 0 Å². The predicted molar refractivity (Wildman–Crippen MR) is 161 cm³/mol. The molecular formula is C30H34N6O6S. The minimum Gasteiger partial charge on any atom is -0.493 e. The van der Waals surface area contributed by atoms with E-state index in [-0.39, 0.29) is 64.1 Å². The number of aromatic nitrogens is 4. The zero-order valence-electron chi connectivity index (χ0n) is 24.9. The predicted octanol–water partition coefficient (Wildman–Crippen LogP) is 4.69. The lowest BCUT2D eigenvalue weighted by atomic mass is 9.87. The fraction of sp³-hybridized carbons (Fsp3) is 0.300. The van der Waals surface area contributed by atoms with Gasteiger partial charge in [0.15, 0.2) is 23.1 Å². The molecule has 0 aliphatic heterocycles. The van der Waals surface area contributed by atoms with Gasteiger partial charge in [-0.2, -0.15) is 4.98 Å². The number of sulfonamides is 1. The molecule has 0 radical (unpaired) electrons. The van der Waals surface area contributed by atoms with Crippen LogP contribution < -0.4 is 18.9 Å². The van der Waals surface area contributed by atoms with Crippen LogP contribution in [0.3, 0.4) is 0 Å². The molecule has 43 heavy (non-hydrogen) atoms. The van der Waals surface area contributed by atoms with Gasteiger partial charge in [-0.1, -0.05) is 45.0 Å². The smallest absolute Gasteiger partial charge is 0.263 e. The maximum Gasteiger partial charge on any atom is 0.263 e. The van der Waals surface area contributed by atoms with Crippen LogP contribution in [-0.2, 0) is 20.2 Å². The summed E-state index contributed by atoms with van der Waals surface area (Å²) < 4.78 is 47.4. The molecule has 0 fully saturated rings. The van der Waals surface area contributed by atoms with Crippen LogP contribution in [0.15, 0.2) is 71.9 Å². The molecule has 2 aromatic heterocycles. The number of anilines is 1. The Kier molecular flexibility index (Phi) is 9.44. The largest absolute Gasteiger partial charge is 0.493 e.